The number of benzene rings is 1. The third kappa shape index (κ3) is 2.63. The van der Waals surface area contributed by atoms with Crippen LogP contribution in [0.3, 0.4) is 0 Å². The second kappa shape index (κ2) is 5.87. The van der Waals surface area contributed by atoms with Gasteiger partial charge in [-0.2, -0.15) is 0 Å². The van der Waals surface area contributed by atoms with Crippen LogP contribution in [0.2, 0.25) is 0 Å². The third-order valence-electron chi connectivity index (χ3n) is 4.42. The summed E-state index contributed by atoms with van der Waals surface area (Å²) in [5.41, 5.74) is 2.11. The van der Waals surface area contributed by atoms with Crippen LogP contribution in [0.4, 0.5) is 0 Å². The first kappa shape index (κ1) is 15.1. The van der Waals surface area contributed by atoms with Gasteiger partial charge in [0.25, 0.3) is 5.56 Å². The molecule has 1 N–H and O–H groups in total. The summed E-state index contributed by atoms with van der Waals surface area (Å²) in [4.78, 5) is 35.4. The number of nitrogens with zero attached hydrogens (tertiary/aromatic N) is 2. The van der Waals surface area contributed by atoms with Crippen molar-refractivity contribution >= 4 is 27.5 Å². The Bertz CT molecular complexity index is 975. The summed E-state index contributed by atoms with van der Waals surface area (Å²) in [6, 6.07) is 9.97. The zero-order chi connectivity index (χ0) is 16.7. The second-order valence-electron chi connectivity index (χ2n) is 6.05. The molecule has 4 rings (SSSR count). The number of carbonyl (C=O) groups excluding carboxylic acids is 1. The molecule has 1 amide bonds. The van der Waals surface area contributed by atoms with Crippen molar-refractivity contribution in [3.63, 3.8) is 0 Å². The van der Waals surface area contributed by atoms with E-state index < -0.39 is 0 Å². The first-order valence-corrected chi connectivity index (χ1v) is 8.76. The Morgan fingerprint density at radius 2 is 2.12 bits per heavy atom. The maximum absolute atomic E-state index is 12.6. The molecule has 0 unspecified atom stereocenters. The molecule has 1 aliphatic rings. The van der Waals surface area contributed by atoms with E-state index in [1.165, 1.54) is 11.3 Å². The lowest BCUT2D eigenvalue weighted by molar-refractivity contribution is -0.129. The summed E-state index contributed by atoms with van der Waals surface area (Å²) in [5.74, 6) is 0.755. The first-order valence-electron chi connectivity index (χ1n) is 7.94. The van der Waals surface area contributed by atoms with Crippen molar-refractivity contribution in [2.45, 2.75) is 26.3 Å². The van der Waals surface area contributed by atoms with E-state index in [0.29, 0.717) is 30.7 Å². The topological polar surface area (TPSA) is 66.1 Å². The van der Waals surface area contributed by atoms with Crippen LogP contribution in [-0.2, 0) is 24.2 Å². The zero-order valence-corrected chi connectivity index (χ0v) is 14.2. The average Bonchev–Trinajstić information content (AvgIpc) is 2.93. The molecule has 24 heavy (non-hydrogen) atoms. The molecule has 5 nitrogen and oxygen atoms in total. The highest BCUT2D eigenvalue weighted by Crippen LogP contribution is 2.32. The molecule has 0 fully saturated rings. The highest BCUT2D eigenvalue weighted by Gasteiger charge is 2.24. The van der Waals surface area contributed by atoms with Crippen LogP contribution in [-0.4, -0.2) is 27.3 Å². The normalized spacial score (nSPS) is 14.0. The molecule has 1 aromatic carbocycles. The van der Waals surface area contributed by atoms with Crippen molar-refractivity contribution in [1.29, 1.82) is 0 Å². The van der Waals surface area contributed by atoms with Gasteiger partial charge in [0, 0.05) is 24.8 Å². The van der Waals surface area contributed by atoms with Gasteiger partial charge < -0.3 is 9.88 Å². The fraction of sp³-hybridized carbons (Fsp3) is 0.278. The van der Waals surface area contributed by atoms with Crippen molar-refractivity contribution in [2.24, 2.45) is 0 Å². The number of thiophene rings is 1. The summed E-state index contributed by atoms with van der Waals surface area (Å²) >= 11 is 1.53. The molecule has 0 bridgehead atoms. The fourth-order valence-electron chi connectivity index (χ4n) is 3.19. The van der Waals surface area contributed by atoms with Gasteiger partial charge in [-0.25, -0.2) is 4.98 Å². The van der Waals surface area contributed by atoms with Gasteiger partial charge in [-0.3, -0.25) is 9.59 Å². The van der Waals surface area contributed by atoms with Gasteiger partial charge in [-0.1, -0.05) is 30.3 Å². The van der Waals surface area contributed by atoms with Gasteiger partial charge in [0.2, 0.25) is 5.91 Å². The number of hydrogen-bond donors (Lipinski definition) is 1. The molecule has 0 spiro atoms. The molecule has 0 atom stereocenters. The molecule has 6 heteroatoms. The van der Waals surface area contributed by atoms with Gasteiger partial charge in [0.15, 0.2) is 0 Å². The minimum Gasteiger partial charge on any atom is -0.337 e. The number of amides is 1. The van der Waals surface area contributed by atoms with Crippen LogP contribution in [0.15, 0.2) is 35.1 Å². The summed E-state index contributed by atoms with van der Waals surface area (Å²) in [6.45, 7) is 2.83. The highest BCUT2D eigenvalue weighted by atomic mass is 32.1. The number of carbonyl (C=O) groups is 1. The third-order valence-corrected chi connectivity index (χ3v) is 5.53. The highest BCUT2D eigenvalue weighted by molar-refractivity contribution is 7.18. The van der Waals surface area contributed by atoms with Crippen LogP contribution in [0, 0.1) is 0 Å². The Hall–Kier alpha value is -2.47. The summed E-state index contributed by atoms with van der Waals surface area (Å²) in [7, 11) is 0. The number of aromatic nitrogens is 2. The van der Waals surface area contributed by atoms with Crippen molar-refractivity contribution in [2.75, 3.05) is 6.54 Å². The van der Waals surface area contributed by atoms with E-state index >= 15 is 0 Å². The Morgan fingerprint density at radius 3 is 2.88 bits per heavy atom. The molecule has 0 radical (unpaired) electrons. The molecule has 3 heterocycles. The molecule has 0 saturated heterocycles. The Balaban J connectivity index is 1.74. The zero-order valence-electron chi connectivity index (χ0n) is 13.3. The number of fused-ring (bicyclic) bond motifs is 3. The van der Waals surface area contributed by atoms with Gasteiger partial charge >= 0.3 is 0 Å². The van der Waals surface area contributed by atoms with Crippen molar-refractivity contribution in [3.05, 3.63) is 62.5 Å². The van der Waals surface area contributed by atoms with E-state index in [-0.39, 0.29) is 11.5 Å². The fourth-order valence-corrected chi connectivity index (χ4v) is 4.44. The second-order valence-corrected chi connectivity index (χ2v) is 7.13. The van der Waals surface area contributed by atoms with Crippen LogP contribution < -0.4 is 5.56 Å². The Kier molecular flexibility index (Phi) is 3.69. The maximum atomic E-state index is 12.6. The van der Waals surface area contributed by atoms with E-state index in [1.54, 1.807) is 6.92 Å². The number of rotatable bonds is 2. The molecule has 0 aliphatic carbocycles. The lowest BCUT2D eigenvalue weighted by Crippen LogP contribution is -2.33. The van der Waals surface area contributed by atoms with Crippen molar-refractivity contribution in [3.8, 4) is 0 Å². The Labute approximate surface area is 143 Å². The molecular formula is C18H17N3O2S. The van der Waals surface area contributed by atoms with Crippen LogP contribution in [0.1, 0.15) is 28.8 Å². The van der Waals surface area contributed by atoms with Crippen molar-refractivity contribution < 1.29 is 4.79 Å². The van der Waals surface area contributed by atoms with E-state index in [0.717, 1.165) is 27.3 Å². The maximum Gasteiger partial charge on any atom is 0.259 e. The summed E-state index contributed by atoms with van der Waals surface area (Å²) in [6.07, 6.45) is 1.33. The smallest absolute Gasteiger partial charge is 0.259 e. The lowest BCUT2D eigenvalue weighted by atomic mass is 10.1. The lowest BCUT2D eigenvalue weighted by Gasteiger charge is -2.25. The Morgan fingerprint density at radius 1 is 1.33 bits per heavy atom. The minimum absolute atomic E-state index is 0.0697. The predicted molar refractivity (Wildman–Crippen MR) is 94.3 cm³/mol. The van der Waals surface area contributed by atoms with Crippen LogP contribution in [0.25, 0.3) is 10.2 Å². The number of aromatic amines is 1. The van der Waals surface area contributed by atoms with Crippen molar-refractivity contribution in [1.82, 2.24) is 14.9 Å². The van der Waals surface area contributed by atoms with Gasteiger partial charge in [0.1, 0.15) is 10.7 Å². The van der Waals surface area contributed by atoms with Gasteiger partial charge in [-0.05, 0) is 17.5 Å². The molecule has 0 saturated carbocycles. The predicted octanol–water partition coefficient (Wildman–Crippen LogP) is 2.48. The molecule has 1 aliphatic heterocycles. The number of nitrogens with one attached hydrogen (secondary N) is 1. The van der Waals surface area contributed by atoms with E-state index in [1.807, 2.05) is 35.2 Å². The molecule has 122 valence electrons. The summed E-state index contributed by atoms with van der Waals surface area (Å²) < 4.78 is 0. The molecule has 3 aromatic rings. The van der Waals surface area contributed by atoms with E-state index in [2.05, 4.69) is 9.97 Å². The first-order chi connectivity index (χ1) is 11.6. The monoisotopic (exact) mass is 339 g/mol. The van der Waals surface area contributed by atoms with E-state index in [4.69, 9.17) is 0 Å². The van der Waals surface area contributed by atoms with Gasteiger partial charge in [-0.15, -0.1) is 11.3 Å². The summed E-state index contributed by atoms with van der Waals surface area (Å²) in [5, 5.41) is 0.704. The standard InChI is InChI=1S/C18H17N3O2S/c1-11(22)21-8-7-13-14(10-21)24-18-16(13)17(23)19-15(20-18)9-12-5-3-2-4-6-12/h2-6H,7-10H2,1H3,(H,19,20,23). The van der Waals surface area contributed by atoms with Crippen LogP contribution >= 0.6 is 11.3 Å². The van der Waals surface area contributed by atoms with E-state index in [9.17, 15) is 9.59 Å². The number of hydrogen-bond acceptors (Lipinski definition) is 4. The average molecular weight is 339 g/mol. The SMILES string of the molecule is CC(=O)N1CCc2c(sc3nc(Cc4ccccc4)[nH]c(=O)c23)C1. The number of H-pyrrole nitrogens is 1. The van der Waals surface area contributed by atoms with Crippen LogP contribution in [0.5, 0.6) is 0 Å². The molecule has 2 aromatic heterocycles. The quantitative estimate of drug-likeness (QED) is 0.780. The molecular weight excluding hydrogens is 322 g/mol. The van der Waals surface area contributed by atoms with Gasteiger partial charge in [0.05, 0.1) is 11.9 Å². The largest absolute Gasteiger partial charge is 0.337 e. The minimum atomic E-state index is -0.0697.